The smallest absolute Gasteiger partial charge is 0.123 e. The Hall–Kier alpha value is -1.74. The van der Waals surface area contributed by atoms with Crippen molar-refractivity contribution < 1.29 is 4.39 Å². The molecule has 0 saturated heterocycles. The number of pyridine rings is 1. The first kappa shape index (κ1) is 10.8. The van der Waals surface area contributed by atoms with Gasteiger partial charge in [0.05, 0.1) is 6.04 Å². The van der Waals surface area contributed by atoms with Crippen molar-refractivity contribution in [1.82, 2.24) is 4.98 Å². The Balaban J connectivity index is 2.41. The molecule has 1 aromatic heterocycles. The normalized spacial score (nSPS) is 12.4. The third-order valence-electron chi connectivity index (χ3n) is 2.64. The van der Waals surface area contributed by atoms with Crippen LogP contribution in [-0.2, 0) is 0 Å². The van der Waals surface area contributed by atoms with E-state index in [0.717, 1.165) is 16.7 Å². The first-order valence-corrected chi connectivity index (χ1v) is 5.10. The van der Waals surface area contributed by atoms with E-state index < -0.39 is 0 Å². The molecule has 0 fully saturated rings. The van der Waals surface area contributed by atoms with Gasteiger partial charge in [0.15, 0.2) is 0 Å². The van der Waals surface area contributed by atoms with Gasteiger partial charge in [-0.2, -0.15) is 0 Å². The summed E-state index contributed by atoms with van der Waals surface area (Å²) in [4.78, 5) is 3.93. The summed E-state index contributed by atoms with van der Waals surface area (Å²) >= 11 is 0. The molecule has 1 atom stereocenters. The summed E-state index contributed by atoms with van der Waals surface area (Å²) in [6, 6.07) is 8.05. The Morgan fingerprint density at radius 3 is 2.56 bits per heavy atom. The number of aromatic nitrogens is 1. The fourth-order valence-corrected chi connectivity index (χ4v) is 1.70. The van der Waals surface area contributed by atoms with Crippen molar-refractivity contribution in [2.75, 3.05) is 0 Å². The van der Waals surface area contributed by atoms with E-state index in [4.69, 9.17) is 5.73 Å². The van der Waals surface area contributed by atoms with E-state index in [-0.39, 0.29) is 11.9 Å². The summed E-state index contributed by atoms with van der Waals surface area (Å²) in [6.07, 6.45) is 3.37. The molecule has 1 heterocycles. The summed E-state index contributed by atoms with van der Waals surface area (Å²) in [5.41, 5.74) is 8.83. The van der Waals surface area contributed by atoms with Crippen LogP contribution in [-0.4, -0.2) is 4.98 Å². The van der Waals surface area contributed by atoms with Gasteiger partial charge < -0.3 is 5.73 Å². The topological polar surface area (TPSA) is 38.9 Å². The monoisotopic (exact) mass is 216 g/mol. The van der Waals surface area contributed by atoms with E-state index in [1.165, 1.54) is 12.1 Å². The Morgan fingerprint density at radius 1 is 1.19 bits per heavy atom. The number of halogens is 1. The van der Waals surface area contributed by atoms with Crippen LogP contribution in [0.4, 0.5) is 4.39 Å². The van der Waals surface area contributed by atoms with Crippen LogP contribution in [0.3, 0.4) is 0 Å². The number of nitrogens with two attached hydrogens (primary N) is 1. The van der Waals surface area contributed by atoms with Crippen LogP contribution in [0.2, 0.25) is 0 Å². The molecule has 2 rings (SSSR count). The SMILES string of the molecule is Cc1ccc(F)cc1C(N)c1ccncc1. The molecule has 0 spiro atoms. The quantitative estimate of drug-likeness (QED) is 0.838. The Morgan fingerprint density at radius 2 is 1.88 bits per heavy atom. The van der Waals surface area contributed by atoms with Crippen LogP contribution in [0.15, 0.2) is 42.7 Å². The highest BCUT2D eigenvalue weighted by molar-refractivity contribution is 5.35. The minimum absolute atomic E-state index is 0.259. The highest BCUT2D eigenvalue weighted by Gasteiger charge is 2.11. The van der Waals surface area contributed by atoms with Gasteiger partial charge >= 0.3 is 0 Å². The van der Waals surface area contributed by atoms with Crippen molar-refractivity contribution in [2.24, 2.45) is 5.73 Å². The zero-order chi connectivity index (χ0) is 11.5. The largest absolute Gasteiger partial charge is 0.320 e. The second-order valence-corrected chi connectivity index (χ2v) is 3.76. The molecule has 0 amide bonds. The maximum atomic E-state index is 13.2. The lowest BCUT2D eigenvalue weighted by Crippen LogP contribution is -2.13. The number of nitrogens with zero attached hydrogens (tertiary/aromatic N) is 1. The number of hydrogen-bond donors (Lipinski definition) is 1. The zero-order valence-electron chi connectivity index (χ0n) is 9.02. The Labute approximate surface area is 93.9 Å². The van der Waals surface area contributed by atoms with Crippen molar-refractivity contribution in [2.45, 2.75) is 13.0 Å². The molecular formula is C13H13FN2. The lowest BCUT2D eigenvalue weighted by atomic mass is 9.96. The van der Waals surface area contributed by atoms with E-state index >= 15 is 0 Å². The third-order valence-corrected chi connectivity index (χ3v) is 2.64. The maximum absolute atomic E-state index is 13.2. The van der Waals surface area contributed by atoms with Crippen molar-refractivity contribution in [3.63, 3.8) is 0 Å². The second kappa shape index (κ2) is 4.41. The molecule has 16 heavy (non-hydrogen) atoms. The minimum Gasteiger partial charge on any atom is -0.320 e. The lowest BCUT2D eigenvalue weighted by Gasteiger charge is -2.14. The van der Waals surface area contributed by atoms with Crippen LogP contribution in [0.1, 0.15) is 22.7 Å². The van der Waals surface area contributed by atoms with Gasteiger partial charge in [0, 0.05) is 12.4 Å². The zero-order valence-corrected chi connectivity index (χ0v) is 9.02. The standard InChI is InChI=1S/C13H13FN2/c1-9-2-3-11(14)8-12(9)13(15)10-4-6-16-7-5-10/h2-8,13H,15H2,1H3. The number of benzene rings is 1. The summed E-state index contributed by atoms with van der Waals surface area (Å²) in [6.45, 7) is 1.93. The van der Waals surface area contributed by atoms with Crippen molar-refractivity contribution in [1.29, 1.82) is 0 Å². The second-order valence-electron chi connectivity index (χ2n) is 3.76. The van der Waals surface area contributed by atoms with Gasteiger partial charge in [-0.05, 0) is 47.9 Å². The van der Waals surface area contributed by atoms with Gasteiger partial charge in [0.2, 0.25) is 0 Å². The Kier molecular flexibility index (Phi) is 2.97. The Bertz CT molecular complexity index is 483. The van der Waals surface area contributed by atoms with E-state index in [1.807, 2.05) is 19.1 Å². The molecule has 3 heteroatoms. The van der Waals surface area contributed by atoms with Gasteiger partial charge in [0.1, 0.15) is 5.82 Å². The third kappa shape index (κ3) is 2.09. The van der Waals surface area contributed by atoms with Crippen LogP contribution < -0.4 is 5.73 Å². The van der Waals surface area contributed by atoms with E-state index in [0.29, 0.717) is 0 Å². The van der Waals surface area contributed by atoms with Crippen molar-refractivity contribution >= 4 is 0 Å². The number of rotatable bonds is 2. The van der Waals surface area contributed by atoms with Gasteiger partial charge in [-0.15, -0.1) is 0 Å². The van der Waals surface area contributed by atoms with Gasteiger partial charge in [-0.25, -0.2) is 4.39 Å². The molecule has 1 unspecified atom stereocenters. The van der Waals surface area contributed by atoms with Crippen LogP contribution in [0, 0.1) is 12.7 Å². The molecule has 0 saturated carbocycles. The van der Waals surface area contributed by atoms with E-state index in [2.05, 4.69) is 4.98 Å². The summed E-state index contributed by atoms with van der Waals surface area (Å²) in [7, 11) is 0. The first-order valence-electron chi connectivity index (χ1n) is 5.10. The lowest BCUT2D eigenvalue weighted by molar-refractivity contribution is 0.622. The average molecular weight is 216 g/mol. The van der Waals surface area contributed by atoms with Gasteiger partial charge in [-0.1, -0.05) is 6.07 Å². The maximum Gasteiger partial charge on any atom is 0.123 e. The number of hydrogen-bond acceptors (Lipinski definition) is 2. The highest BCUT2D eigenvalue weighted by atomic mass is 19.1. The summed E-state index contributed by atoms with van der Waals surface area (Å²) in [5.74, 6) is -0.259. The summed E-state index contributed by atoms with van der Waals surface area (Å²) in [5, 5.41) is 0. The van der Waals surface area contributed by atoms with Crippen molar-refractivity contribution in [3.05, 3.63) is 65.2 Å². The molecule has 0 aliphatic carbocycles. The molecule has 0 bridgehead atoms. The molecular weight excluding hydrogens is 203 g/mol. The molecule has 0 aliphatic rings. The predicted molar refractivity (Wildman–Crippen MR) is 61.4 cm³/mol. The average Bonchev–Trinajstić information content (AvgIpc) is 2.32. The van der Waals surface area contributed by atoms with Crippen LogP contribution in [0.25, 0.3) is 0 Å². The van der Waals surface area contributed by atoms with Gasteiger partial charge in [-0.3, -0.25) is 4.98 Å². The first-order chi connectivity index (χ1) is 7.68. The van der Waals surface area contributed by atoms with Crippen molar-refractivity contribution in [3.8, 4) is 0 Å². The molecule has 1 aromatic carbocycles. The number of aryl methyl sites for hydroxylation is 1. The molecule has 2 aromatic rings. The molecule has 2 nitrogen and oxygen atoms in total. The van der Waals surface area contributed by atoms with E-state index in [9.17, 15) is 4.39 Å². The predicted octanol–water partition coefficient (Wildman–Crippen LogP) is 2.58. The fraction of sp³-hybridized carbons (Fsp3) is 0.154. The molecule has 0 aliphatic heterocycles. The van der Waals surface area contributed by atoms with Crippen LogP contribution >= 0.6 is 0 Å². The fourth-order valence-electron chi connectivity index (χ4n) is 1.70. The molecule has 2 N–H and O–H groups in total. The molecule has 0 radical (unpaired) electrons. The van der Waals surface area contributed by atoms with Gasteiger partial charge in [0.25, 0.3) is 0 Å². The highest BCUT2D eigenvalue weighted by Crippen LogP contribution is 2.22. The molecule has 82 valence electrons. The minimum atomic E-state index is -0.307. The summed E-state index contributed by atoms with van der Waals surface area (Å²) < 4.78 is 13.2. The van der Waals surface area contributed by atoms with E-state index in [1.54, 1.807) is 18.5 Å². The van der Waals surface area contributed by atoms with Crippen LogP contribution in [0.5, 0.6) is 0 Å².